The number of benzene rings is 3. The molecular formula is C28H36Cl2F2N3O3S+. The van der Waals surface area contributed by atoms with Gasteiger partial charge in [0.1, 0.15) is 11.6 Å². The second kappa shape index (κ2) is 15.8. The lowest BCUT2D eigenvalue weighted by Gasteiger charge is -2.19. The first kappa shape index (κ1) is 34.3. The largest absolute Gasteiger partial charge is 0.354 e. The molecule has 11 heteroatoms. The molecule has 0 spiro atoms. The molecule has 0 radical (unpaired) electrons. The number of nitrogens with one attached hydrogen (secondary N) is 2. The summed E-state index contributed by atoms with van der Waals surface area (Å²) in [7, 11) is -3.42. The molecule has 39 heavy (non-hydrogen) atoms. The van der Waals surface area contributed by atoms with E-state index in [-0.39, 0.29) is 28.2 Å². The van der Waals surface area contributed by atoms with Gasteiger partial charge in [0.05, 0.1) is 23.8 Å². The van der Waals surface area contributed by atoms with Crippen molar-refractivity contribution in [2.75, 3.05) is 16.3 Å². The van der Waals surface area contributed by atoms with Gasteiger partial charge in [0, 0.05) is 17.7 Å². The zero-order valence-electron chi connectivity index (χ0n) is 22.7. The molecule has 0 bridgehead atoms. The molecule has 0 heterocycles. The Bertz CT molecular complexity index is 1330. The van der Waals surface area contributed by atoms with Crippen LogP contribution in [0.3, 0.4) is 0 Å². The minimum absolute atomic E-state index is 0.0373. The normalized spacial score (nSPS) is 10.9. The summed E-state index contributed by atoms with van der Waals surface area (Å²) < 4.78 is 50.4. The standard InChI is InChI=1S/C19H22FNO.C8H11FN2O2S.CH2Cl2/c1-13-5-6-14(11-17(13)20)12-21-18(22)15-7-9-16(10-8-15)19(2,3)4;1-14(12,13)11-8-3-2-6(5-10)4-7(8)9;2-1-3/h5-11H,12H2,1-4H3,(H,21,22);2-4,11H,5,10H2,1H3;1H2/p+1. The van der Waals surface area contributed by atoms with Gasteiger partial charge in [0.25, 0.3) is 5.91 Å². The number of carbonyl (C=O) groups is 1. The third-order valence-corrected chi connectivity index (χ3v) is 5.91. The maximum atomic E-state index is 13.5. The van der Waals surface area contributed by atoms with Crippen LogP contribution in [0.1, 0.15) is 53.4 Å². The van der Waals surface area contributed by atoms with Gasteiger partial charge in [-0.1, -0.05) is 51.1 Å². The Balaban J connectivity index is 0.000000384. The summed E-state index contributed by atoms with van der Waals surface area (Å²) in [4.78, 5) is 12.1. The Labute approximate surface area is 240 Å². The van der Waals surface area contributed by atoms with Gasteiger partial charge < -0.3 is 11.1 Å². The summed E-state index contributed by atoms with van der Waals surface area (Å²) in [6.45, 7) is 8.90. The van der Waals surface area contributed by atoms with Gasteiger partial charge in [0.15, 0.2) is 0 Å². The number of aryl methyl sites for hydroxylation is 1. The molecule has 0 unspecified atom stereocenters. The first-order valence-electron chi connectivity index (χ1n) is 11.9. The molecule has 3 rings (SSSR count). The van der Waals surface area contributed by atoms with Crippen LogP contribution in [0.4, 0.5) is 14.5 Å². The fourth-order valence-electron chi connectivity index (χ4n) is 3.15. The molecular weight excluding hydrogens is 567 g/mol. The molecule has 0 fully saturated rings. The van der Waals surface area contributed by atoms with Crippen LogP contribution in [0.5, 0.6) is 0 Å². The third kappa shape index (κ3) is 12.8. The van der Waals surface area contributed by atoms with Crippen LogP contribution in [0.25, 0.3) is 0 Å². The summed E-state index contributed by atoms with van der Waals surface area (Å²) in [6.07, 6.45) is 0.974. The number of anilines is 1. The maximum absolute atomic E-state index is 13.5. The fraction of sp³-hybridized carbons (Fsp3) is 0.321. The summed E-state index contributed by atoms with van der Waals surface area (Å²) >= 11 is 9.53. The number of carbonyl (C=O) groups excluding carboxylic acids is 1. The molecule has 0 aromatic heterocycles. The van der Waals surface area contributed by atoms with Crippen molar-refractivity contribution in [3.63, 3.8) is 0 Å². The van der Waals surface area contributed by atoms with Crippen molar-refractivity contribution >= 4 is 44.8 Å². The second-order valence-corrected chi connectivity index (χ2v) is 12.2. The summed E-state index contributed by atoms with van der Waals surface area (Å²) in [6, 6.07) is 16.9. The maximum Gasteiger partial charge on any atom is 0.251 e. The minimum atomic E-state index is -3.42. The highest BCUT2D eigenvalue weighted by Crippen LogP contribution is 2.22. The highest BCUT2D eigenvalue weighted by molar-refractivity contribution is 7.92. The van der Waals surface area contributed by atoms with Gasteiger partial charge in [-0.3, -0.25) is 9.52 Å². The molecule has 0 aliphatic carbocycles. The van der Waals surface area contributed by atoms with E-state index in [2.05, 4.69) is 36.5 Å². The van der Waals surface area contributed by atoms with Crippen LogP contribution in [-0.4, -0.2) is 25.9 Å². The predicted molar refractivity (Wildman–Crippen MR) is 155 cm³/mol. The van der Waals surface area contributed by atoms with Crippen molar-refractivity contribution < 1.29 is 27.7 Å². The predicted octanol–water partition coefficient (Wildman–Crippen LogP) is 5.72. The van der Waals surface area contributed by atoms with Crippen LogP contribution in [0.15, 0.2) is 60.7 Å². The molecule has 5 N–H and O–H groups in total. The smallest absolute Gasteiger partial charge is 0.251 e. The lowest BCUT2D eigenvalue weighted by atomic mass is 9.87. The van der Waals surface area contributed by atoms with Crippen molar-refractivity contribution in [3.05, 3.63) is 100 Å². The number of hydrogen-bond acceptors (Lipinski definition) is 3. The summed E-state index contributed by atoms with van der Waals surface area (Å²) in [5.41, 5.74) is 7.50. The summed E-state index contributed by atoms with van der Waals surface area (Å²) in [5.74, 6) is -0.987. The molecule has 0 saturated heterocycles. The first-order valence-corrected chi connectivity index (χ1v) is 14.9. The number of amides is 1. The highest BCUT2D eigenvalue weighted by Gasteiger charge is 2.14. The monoisotopic (exact) mass is 602 g/mol. The van der Waals surface area contributed by atoms with Gasteiger partial charge in [-0.15, -0.1) is 23.2 Å². The van der Waals surface area contributed by atoms with Gasteiger partial charge in [-0.25, -0.2) is 17.2 Å². The van der Waals surface area contributed by atoms with Gasteiger partial charge in [-0.05, 0) is 59.4 Å². The Morgan fingerprint density at radius 2 is 1.46 bits per heavy atom. The Morgan fingerprint density at radius 3 is 1.92 bits per heavy atom. The first-order chi connectivity index (χ1) is 18.1. The number of hydrogen-bond donors (Lipinski definition) is 3. The van der Waals surface area contributed by atoms with Crippen molar-refractivity contribution in [3.8, 4) is 0 Å². The van der Waals surface area contributed by atoms with Crippen molar-refractivity contribution in [1.82, 2.24) is 5.32 Å². The molecule has 1 amide bonds. The van der Waals surface area contributed by atoms with Gasteiger partial charge in [0.2, 0.25) is 10.0 Å². The molecule has 3 aromatic rings. The average molecular weight is 604 g/mol. The quantitative estimate of drug-likeness (QED) is 0.314. The fourth-order valence-corrected chi connectivity index (χ4v) is 3.71. The summed E-state index contributed by atoms with van der Waals surface area (Å²) in [5, 5.41) is 3.01. The van der Waals surface area contributed by atoms with Crippen molar-refractivity contribution in [2.45, 2.75) is 46.2 Å². The van der Waals surface area contributed by atoms with Crippen LogP contribution >= 0.6 is 23.2 Å². The van der Waals surface area contributed by atoms with Gasteiger partial charge >= 0.3 is 0 Å². The van der Waals surface area contributed by atoms with Crippen LogP contribution < -0.4 is 15.8 Å². The van der Waals surface area contributed by atoms with E-state index >= 15 is 0 Å². The van der Waals surface area contributed by atoms with Crippen LogP contribution in [0, 0.1) is 18.6 Å². The number of alkyl halides is 2. The van der Waals surface area contributed by atoms with E-state index in [4.69, 9.17) is 23.2 Å². The number of halogens is 4. The Hall–Kier alpha value is -2.72. The van der Waals surface area contributed by atoms with Crippen molar-refractivity contribution in [2.24, 2.45) is 0 Å². The zero-order valence-corrected chi connectivity index (χ0v) is 25.1. The lowest BCUT2D eigenvalue weighted by molar-refractivity contribution is -0.386. The molecule has 0 atom stereocenters. The third-order valence-electron chi connectivity index (χ3n) is 5.32. The number of quaternary nitrogens is 1. The van der Waals surface area contributed by atoms with E-state index in [1.54, 1.807) is 19.1 Å². The molecule has 6 nitrogen and oxygen atoms in total. The molecule has 0 aliphatic heterocycles. The zero-order chi connectivity index (χ0) is 29.8. The van der Waals surface area contributed by atoms with E-state index < -0.39 is 15.8 Å². The van der Waals surface area contributed by atoms with E-state index in [1.807, 2.05) is 30.3 Å². The molecule has 3 aromatic carbocycles. The van der Waals surface area contributed by atoms with E-state index in [1.165, 1.54) is 23.8 Å². The minimum Gasteiger partial charge on any atom is -0.354 e. The topological polar surface area (TPSA) is 103 Å². The van der Waals surface area contributed by atoms with E-state index in [0.29, 0.717) is 24.2 Å². The van der Waals surface area contributed by atoms with Crippen LogP contribution in [0.2, 0.25) is 0 Å². The Kier molecular flexibility index (Phi) is 13.9. The lowest BCUT2D eigenvalue weighted by Crippen LogP contribution is -2.47. The highest BCUT2D eigenvalue weighted by atomic mass is 35.5. The second-order valence-electron chi connectivity index (χ2n) is 9.63. The van der Waals surface area contributed by atoms with Gasteiger partial charge in [-0.2, -0.15) is 0 Å². The molecule has 0 saturated carbocycles. The van der Waals surface area contributed by atoms with Crippen molar-refractivity contribution in [1.29, 1.82) is 0 Å². The average Bonchev–Trinajstić information content (AvgIpc) is 2.85. The number of sulfonamides is 1. The SMILES string of the molecule is CS(=O)(=O)Nc1ccc(C[NH3+])cc1F.Cc1ccc(CNC(=O)c2ccc(C(C)(C)C)cc2)cc1F.ClCCl. The van der Waals surface area contributed by atoms with E-state index in [9.17, 15) is 22.0 Å². The van der Waals surface area contributed by atoms with E-state index in [0.717, 1.165) is 17.4 Å². The number of rotatable bonds is 6. The molecule has 0 aliphatic rings. The molecule has 214 valence electrons. The van der Waals surface area contributed by atoms with Crippen LogP contribution in [-0.2, 0) is 28.5 Å². The Morgan fingerprint density at radius 1 is 0.923 bits per heavy atom.